The number of aryl methyl sites for hydroxylation is 2. The third-order valence-corrected chi connectivity index (χ3v) is 4.24. The Morgan fingerprint density at radius 2 is 2.00 bits per heavy atom. The van der Waals surface area contributed by atoms with E-state index in [4.69, 9.17) is 0 Å². The molecule has 0 atom stereocenters. The molecule has 0 spiro atoms. The van der Waals surface area contributed by atoms with Crippen molar-refractivity contribution in [1.29, 1.82) is 0 Å². The highest BCUT2D eigenvalue weighted by Crippen LogP contribution is 2.26. The van der Waals surface area contributed by atoms with Crippen molar-refractivity contribution < 1.29 is 17.6 Å². The van der Waals surface area contributed by atoms with Gasteiger partial charge in [0.15, 0.2) is 11.5 Å². The monoisotopic (exact) mass is 362 g/mol. The van der Waals surface area contributed by atoms with E-state index in [2.05, 4.69) is 19.9 Å². The number of carbonyl (C=O) groups is 1. The normalized spacial score (nSPS) is 11.7. The lowest BCUT2D eigenvalue weighted by Crippen LogP contribution is -2.14. The number of anilines is 1. The lowest BCUT2D eigenvalue weighted by atomic mass is 9.99. The molecule has 0 fully saturated rings. The SMILES string of the molecule is Cc1cnc2n[nH]c(C(=O)c3c(C)ccc(NS(C)(=O)=O)c3F)c2c1. The van der Waals surface area contributed by atoms with Crippen LogP contribution in [0.25, 0.3) is 11.0 Å². The van der Waals surface area contributed by atoms with Gasteiger partial charge >= 0.3 is 0 Å². The minimum absolute atomic E-state index is 0.102. The average Bonchev–Trinajstić information content (AvgIpc) is 2.92. The summed E-state index contributed by atoms with van der Waals surface area (Å²) >= 11 is 0. The minimum Gasteiger partial charge on any atom is -0.287 e. The van der Waals surface area contributed by atoms with Crippen LogP contribution in [0.2, 0.25) is 0 Å². The van der Waals surface area contributed by atoms with Crippen LogP contribution in [-0.4, -0.2) is 35.6 Å². The summed E-state index contributed by atoms with van der Waals surface area (Å²) in [6.45, 7) is 3.39. The number of aromatic amines is 1. The topological polar surface area (TPSA) is 105 Å². The van der Waals surface area contributed by atoms with E-state index in [0.717, 1.165) is 11.8 Å². The quantitative estimate of drug-likeness (QED) is 0.693. The molecule has 130 valence electrons. The molecule has 7 nitrogen and oxygen atoms in total. The van der Waals surface area contributed by atoms with E-state index in [1.165, 1.54) is 12.1 Å². The van der Waals surface area contributed by atoms with Gasteiger partial charge in [-0.2, -0.15) is 5.10 Å². The van der Waals surface area contributed by atoms with E-state index in [9.17, 15) is 17.6 Å². The number of aromatic nitrogens is 3. The number of hydrogen-bond donors (Lipinski definition) is 2. The Kier molecular flexibility index (Phi) is 4.03. The zero-order valence-electron chi connectivity index (χ0n) is 13.7. The maximum atomic E-state index is 14.8. The lowest BCUT2D eigenvalue weighted by molar-refractivity contribution is 0.103. The third kappa shape index (κ3) is 3.22. The number of sulfonamides is 1. The van der Waals surface area contributed by atoms with Gasteiger partial charge in [-0.05, 0) is 37.1 Å². The molecule has 0 radical (unpaired) electrons. The first-order chi connectivity index (χ1) is 11.7. The molecule has 2 N–H and O–H groups in total. The Bertz CT molecular complexity index is 1110. The molecule has 0 aliphatic rings. The molecule has 3 rings (SSSR count). The number of pyridine rings is 1. The summed E-state index contributed by atoms with van der Waals surface area (Å²) < 4.78 is 39.6. The van der Waals surface area contributed by atoms with Crippen LogP contribution in [-0.2, 0) is 10.0 Å². The first-order valence-electron chi connectivity index (χ1n) is 7.29. The van der Waals surface area contributed by atoms with Gasteiger partial charge in [0.25, 0.3) is 0 Å². The summed E-state index contributed by atoms with van der Waals surface area (Å²) in [6, 6.07) is 4.48. The van der Waals surface area contributed by atoms with Crippen LogP contribution >= 0.6 is 0 Å². The summed E-state index contributed by atoms with van der Waals surface area (Å²) in [6.07, 6.45) is 2.52. The number of nitrogens with one attached hydrogen (secondary N) is 2. The molecule has 3 aromatic rings. The largest absolute Gasteiger partial charge is 0.287 e. The van der Waals surface area contributed by atoms with Crippen molar-refractivity contribution in [2.45, 2.75) is 13.8 Å². The number of nitrogens with zero attached hydrogens (tertiary/aromatic N) is 2. The summed E-state index contributed by atoms with van der Waals surface area (Å²) in [5.74, 6) is -1.55. The fourth-order valence-corrected chi connectivity index (χ4v) is 3.09. The van der Waals surface area contributed by atoms with Crippen molar-refractivity contribution >= 4 is 32.5 Å². The van der Waals surface area contributed by atoms with Gasteiger partial charge in [-0.25, -0.2) is 17.8 Å². The Morgan fingerprint density at radius 1 is 1.28 bits per heavy atom. The number of H-pyrrole nitrogens is 1. The summed E-state index contributed by atoms with van der Waals surface area (Å²) in [7, 11) is -3.68. The molecule has 25 heavy (non-hydrogen) atoms. The minimum atomic E-state index is -3.68. The highest BCUT2D eigenvalue weighted by molar-refractivity contribution is 7.92. The Balaban J connectivity index is 2.16. The molecular formula is C16H15FN4O3S. The molecule has 0 saturated carbocycles. The van der Waals surface area contributed by atoms with Gasteiger partial charge in [0, 0.05) is 6.20 Å². The van der Waals surface area contributed by atoms with Crippen molar-refractivity contribution in [2.24, 2.45) is 0 Å². The lowest BCUT2D eigenvalue weighted by Gasteiger charge is -2.11. The first kappa shape index (κ1) is 17.0. The fourth-order valence-electron chi connectivity index (χ4n) is 2.53. The standard InChI is InChI=1S/C16H15FN4O3S/c1-8-6-10-14(19-20-16(10)18-7-8)15(22)12-9(2)4-5-11(13(12)17)21-25(3,23)24/h4-7,21H,1-3H3,(H,18,19,20). The van der Waals surface area contributed by atoms with Gasteiger partial charge in [-0.3, -0.25) is 14.6 Å². The molecule has 0 aliphatic carbocycles. The first-order valence-corrected chi connectivity index (χ1v) is 9.19. The molecule has 2 heterocycles. The van der Waals surface area contributed by atoms with Crippen LogP contribution in [0.1, 0.15) is 27.2 Å². The molecule has 2 aromatic heterocycles. The second-order valence-corrected chi connectivity index (χ2v) is 7.55. The van der Waals surface area contributed by atoms with Crippen molar-refractivity contribution in [2.75, 3.05) is 11.0 Å². The molecule has 0 saturated heterocycles. The Morgan fingerprint density at radius 3 is 2.68 bits per heavy atom. The zero-order valence-corrected chi connectivity index (χ0v) is 14.5. The molecule has 1 aromatic carbocycles. The highest BCUT2D eigenvalue weighted by Gasteiger charge is 2.24. The summed E-state index contributed by atoms with van der Waals surface area (Å²) in [4.78, 5) is 17.0. The smallest absolute Gasteiger partial charge is 0.229 e. The Hall–Kier alpha value is -2.81. The van der Waals surface area contributed by atoms with Crippen LogP contribution in [0.5, 0.6) is 0 Å². The molecule has 0 unspecified atom stereocenters. The van der Waals surface area contributed by atoms with Gasteiger partial charge in [0.2, 0.25) is 15.8 Å². The van der Waals surface area contributed by atoms with E-state index < -0.39 is 21.6 Å². The van der Waals surface area contributed by atoms with E-state index in [0.29, 0.717) is 16.6 Å². The van der Waals surface area contributed by atoms with Crippen LogP contribution in [0.15, 0.2) is 24.4 Å². The number of rotatable bonds is 4. The third-order valence-electron chi connectivity index (χ3n) is 3.65. The van der Waals surface area contributed by atoms with Crippen molar-refractivity contribution in [3.05, 3.63) is 52.6 Å². The van der Waals surface area contributed by atoms with Crippen molar-refractivity contribution in [1.82, 2.24) is 15.2 Å². The van der Waals surface area contributed by atoms with Gasteiger partial charge < -0.3 is 0 Å². The number of hydrogen-bond acceptors (Lipinski definition) is 5. The molecule has 0 aliphatic heterocycles. The average molecular weight is 362 g/mol. The van der Waals surface area contributed by atoms with Crippen molar-refractivity contribution in [3.63, 3.8) is 0 Å². The fraction of sp³-hybridized carbons (Fsp3) is 0.188. The number of carbonyl (C=O) groups excluding carboxylic acids is 1. The second kappa shape index (κ2) is 5.92. The number of ketones is 1. The van der Waals surface area contributed by atoms with E-state index >= 15 is 0 Å². The van der Waals surface area contributed by atoms with Crippen LogP contribution in [0.4, 0.5) is 10.1 Å². The molecule has 9 heteroatoms. The molecular weight excluding hydrogens is 347 g/mol. The highest BCUT2D eigenvalue weighted by atomic mass is 32.2. The van der Waals surface area contributed by atoms with E-state index in [1.807, 2.05) is 6.92 Å². The maximum absolute atomic E-state index is 14.8. The van der Waals surface area contributed by atoms with Crippen molar-refractivity contribution in [3.8, 4) is 0 Å². The number of benzene rings is 1. The Labute approximate surface area is 143 Å². The predicted octanol–water partition coefficient (Wildman–Crippen LogP) is 2.32. The van der Waals surface area contributed by atoms with E-state index in [1.54, 1.807) is 19.2 Å². The second-order valence-electron chi connectivity index (χ2n) is 5.80. The molecule has 0 amide bonds. The van der Waals surface area contributed by atoms with Crippen LogP contribution in [0, 0.1) is 19.7 Å². The molecule has 0 bridgehead atoms. The van der Waals surface area contributed by atoms with Crippen LogP contribution in [0.3, 0.4) is 0 Å². The predicted molar refractivity (Wildman–Crippen MR) is 91.7 cm³/mol. The van der Waals surface area contributed by atoms with Gasteiger partial charge in [-0.15, -0.1) is 0 Å². The maximum Gasteiger partial charge on any atom is 0.229 e. The van der Waals surface area contributed by atoms with Crippen LogP contribution < -0.4 is 4.72 Å². The van der Waals surface area contributed by atoms with Gasteiger partial charge in [-0.1, -0.05) is 6.07 Å². The zero-order chi connectivity index (χ0) is 18.4. The number of fused-ring (bicyclic) bond motifs is 1. The summed E-state index contributed by atoms with van der Waals surface area (Å²) in [5.41, 5.74) is 1.15. The number of halogens is 1. The summed E-state index contributed by atoms with van der Waals surface area (Å²) in [5, 5.41) is 7.03. The van der Waals surface area contributed by atoms with Gasteiger partial charge in [0.1, 0.15) is 5.69 Å². The van der Waals surface area contributed by atoms with Gasteiger partial charge in [0.05, 0.1) is 22.9 Å². The van der Waals surface area contributed by atoms with E-state index in [-0.39, 0.29) is 16.9 Å².